The van der Waals surface area contributed by atoms with Gasteiger partial charge < -0.3 is 14.9 Å². The Balaban J connectivity index is 0.000000204. The van der Waals surface area contributed by atoms with Crippen LogP contribution in [0.3, 0.4) is 0 Å². The summed E-state index contributed by atoms with van der Waals surface area (Å²) >= 11 is 0. The molecule has 0 saturated heterocycles. The number of furan rings is 1. The third kappa shape index (κ3) is 5.99. The van der Waals surface area contributed by atoms with Crippen LogP contribution >= 0.6 is 0 Å². The summed E-state index contributed by atoms with van der Waals surface area (Å²) in [5.74, 6) is -0.482. The highest BCUT2D eigenvalue weighted by Crippen LogP contribution is 2.21. The van der Waals surface area contributed by atoms with Crippen LogP contribution in [-0.2, 0) is 0 Å². The first kappa shape index (κ1) is 22.2. The topological polar surface area (TPSA) is 107 Å². The quantitative estimate of drug-likeness (QED) is 0.331. The maximum absolute atomic E-state index is 11.8. The number of rotatable bonds is 4. The van der Waals surface area contributed by atoms with E-state index < -0.39 is 11.8 Å². The van der Waals surface area contributed by atoms with Gasteiger partial charge in [-0.05, 0) is 41.5 Å². The molecule has 4 N–H and O–H groups in total. The number of hydrogen-bond donors (Lipinski definition) is 3. The fourth-order valence-corrected chi connectivity index (χ4v) is 2.79. The Morgan fingerprint density at radius 3 is 1.88 bits per heavy atom. The summed E-state index contributed by atoms with van der Waals surface area (Å²) < 4.78 is 9.87. The van der Waals surface area contributed by atoms with E-state index in [2.05, 4.69) is 59.4 Å². The number of carbonyl (C=O) groups excluding carboxylic acids is 2. The van der Waals surface area contributed by atoms with Crippen molar-refractivity contribution in [2.45, 2.75) is 0 Å². The monoisotopic (exact) mass is 429 g/mol. The van der Waals surface area contributed by atoms with Crippen LogP contribution in [-0.4, -0.2) is 18.9 Å². The number of ether oxygens (including phenoxy) is 1. The SMILES string of the molecule is COc1ccc(C(=O)NNC(=O)c2ccco2)cc1N.c1ccc(-c2ccccc2)cc1. The van der Waals surface area contributed by atoms with Crippen molar-refractivity contribution in [1.29, 1.82) is 0 Å². The summed E-state index contributed by atoms with van der Waals surface area (Å²) in [6.07, 6.45) is 1.36. The summed E-state index contributed by atoms with van der Waals surface area (Å²) in [6, 6.07) is 28.4. The third-order valence-electron chi connectivity index (χ3n) is 4.41. The van der Waals surface area contributed by atoms with Crippen LogP contribution < -0.4 is 21.3 Å². The molecule has 7 nitrogen and oxygen atoms in total. The van der Waals surface area contributed by atoms with Gasteiger partial charge in [-0.2, -0.15) is 0 Å². The summed E-state index contributed by atoms with van der Waals surface area (Å²) in [5, 5.41) is 0. The molecule has 0 aliphatic rings. The second-order valence-corrected chi connectivity index (χ2v) is 6.57. The van der Waals surface area contributed by atoms with Gasteiger partial charge in [0.1, 0.15) is 5.75 Å². The van der Waals surface area contributed by atoms with E-state index in [1.165, 1.54) is 42.7 Å². The number of hydrogen-bond acceptors (Lipinski definition) is 5. The van der Waals surface area contributed by atoms with E-state index >= 15 is 0 Å². The molecule has 1 heterocycles. The standard InChI is InChI=1S/C13H13N3O4.C12H10/c1-19-10-5-4-8(7-9(10)14)12(17)15-16-13(18)11-3-2-6-20-11;1-3-7-11(8-4-1)12-9-5-2-6-10-12/h2-7H,14H2,1H3,(H,15,17)(H,16,18);1-10H. The second kappa shape index (κ2) is 11.0. The van der Waals surface area contributed by atoms with Crippen LogP contribution in [0.1, 0.15) is 20.9 Å². The Kier molecular flexibility index (Phi) is 7.64. The minimum Gasteiger partial charge on any atom is -0.495 e. The molecule has 0 saturated carbocycles. The van der Waals surface area contributed by atoms with Crippen LogP contribution in [0.5, 0.6) is 5.75 Å². The Hall–Kier alpha value is -4.52. The van der Waals surface area contributed by atoms with Gasteiger partial charge in [-0.3, -0.25) is 20.4 Å². The summed E-state index contributed by atoms with van der Waals surface area (Å²) in [4.78, 5) is 23.4. The molecule has 162 valence electrons. The van der Waals surface area contributed by atoms with Crippen LogP contribution in [0.4, 0.5) is 5.69 Å². The molecular formula is C25H23N3O4. The number of benzene rings is 3. The van der Waals surface area contributed by atoms with Gasteiger partial charge in [0.15, 0.2) is 5.76 Å². The number of anilines is 1. The molecule has 32 heavy (non-hydrogen) atoms. The molecule has 7 heteroatoms. The molecule has 0 fully saturated rings. The predicted molar refractivity (Wildman–Crippen MR) is 123 cm³/mol. The zero-order valence-corrected chi connectivity index (χ0v) is 17.4. The highest BCUT2D eigenvalue weighted by molar-refractivity contribution is 5.98. The molecule has 0 atom stereocenters. The second-order valence-electron chi connectivity index (χ2n) is 6.57. The van der Waals surface area contributed by atoms with E-state index in [1.54, 1.807) is 12.1 Å². The number of nitrogens with two attached hydrogens (primary N) is 1. The molecule has 2 amide bonds. The van der Waals surface area contributed by atoms with Crippen molar-refractivity contribution in [3.05, 3.63) is 109 Å². The van der Waals surface area contributed by atoms with Crippen LogP contribution in [0, 0.1) is 0 Å². The Labute approximate surface area is 185 Å². The van der Waals surface area contributed by atoms with Crippen molar-refractivity contribution in [2.24, 2.45) is 0 Å². The molecule has 0 unspecified atom stereocenters. The van der Waals surface area contributed by atoms with Gasteiger partial charge in [0, 0.05) is 5.56 Å². The van der Waals surface area contributed by atoms with E-state index in [0.717, 1.165) is 0 Å². The number of carbonyl (C=O) groups is 2. The molecule has 4 aromatic rings. The minimum absolute atomic E-state index is 0.0968. The molecule has 0 bridgehead atoms. The molecule has 4 rings (SSSR count). The van der Waals surface area contributed by atoms with E-state index in [-0.39, 0.29) is 5.76 Å². The molecule has 0 spiro atoms. The fourth-order valence-electron chi connectivity index (χ4n) is 2.79. The average molecular weight is 429 g/mol. The van der Waals surface area contributed by atoms with Gasteiger partial charge >= 0.3 is 5.91 Å². The smallest absolute Gasteiger partial charge is 0.305 e. The first-order chi connectivity index (χ1) is 15.6. The van der Waals surface area contributed by atoms with E-state index in [9.17, 15) is 9.59 Å². The van der Waals surface area contributed by atoms with E-state index in [4.69, 9.17) is 14.9 Å². The number of hydrazine groups is 1. The van der Waals surface area contributed by atoms with Gasteiger partial charge in [0.2, 0.25) is 0 Å². The lowest BCUT2D eigenvalue weighted by atomic mass is 10.1. The average Bonchev–Trinajstić information content (AvgIpc) is 3.39. The maximum Gasteiger partial charge on any atom is 0.305 e. The van der Waals surface area contributed by atoms with E-state index in [1.807, 2.05) is 12.1 Å². The van der Waals surface area contributed by atoms with Crippen molar-refractivity contribution < 1.29 is 18.7 Å². The molecule has 3 aromatic carbocycles. The zero-order chi connectivity index (χ0) is 22.8. The normalized spacial score (nSPS) is 9.78. The summed E-state index contributed by atoms with van der Waals surface area (Å²) in [6.45, 7) is 0. The summed E-state index contributed by atoms with van der Waals surface area (Å²) in [5.41, 5.74) is 13.4. The van der Waals surface area contributed by atoms with Gasteiger partial charge in [0.25, 0.3) is 5.91 Å². The van der Waals surface area contributed by atoms with Crippen molar-refractivity contribution in [1.82, 2.24) is 10.9 Å². The lowest BCUT2D eigenvalue weighted by Crippen LogP contribution is -2.41. The zero-order valence-electron chi connectivity index (χ0n) is 17.4. The van der Waals surface area contributed by atoms with Gasteiger partial charge in [-0.1, -0.05) is 60.7 Å². The number of methoxy groups -OCH3 is 1. The molecular weight excluding hydrogens is 406 g/mol. The third-order valence-corrected chi connectivity index (χ3v) is 4.41. The van der Waals surface area contributed by atoms with Crippen LogP contribution in [0.15, 0.2) is 102 Å². The van der Waals surface area contributed by atoms with Gasteiger partial charge in [-0.25, -0.2) is 0 Å². The Morgan fingerprint density at radius 1 is 0.781 bits per heavy atom. The maximum atomic E-state index is 11.8. The first-order valence-electron chi connectivity index (χ1n) is 9.76. The number of amides is 2. The first-order valence-corrected chi connectivity index (χ1v) is 9.76. The van der Waals surface area contributed by atoms with Crippen LogP contribution in [0.25, 0.3) is 11.1 Å². The highest BCUT2D eigenvalue weighted by Gasteiger charge is 2.12. The van der Waals surface area contributed by atoms with Crippen LogP contribution in [0.2, 0.25) is 0 Å². The molecule has 0 aliphatic carbocycles. The predicted octanol–water partition coefficient (Wildman–Crippen LogP) is 4.30. The van der Waals surface area contributed by atoms with Crippen molar-refractivity contribution in [3.63, 3.8) is 0 Å². The molecule has 1 aromatic heterocycles. The number of nitrogen functional groups attached to an aromatic ring is 1. The highest BCUT2D eigenvalue weighted by atomic mass is 16.5. The van der Waals surface area contributed by atoms with E-state index in [0.29, 0.717) is 17.0 Å². The van der Waals surface area contributed by atoms with Crippen molar-refractivity contribution in [2.75, 3.05) is 12.8 Å². The number of nitrogens with one attached hydrogen (secondary N) is 2. The fraction of sp³-hybridized carbons (Fsp3) is 0.0400. The Morgan fingerprint density at radius 2 is 1.38 bits per heavy atom. The largest absolute Gasteiger partial charge is 0.495 e. The van der Waals surface area contributed by atoms with Gasteiger partial charge in [0.05, 0.1) is 19.1 Å². The van der Waals surface area contributed by atoms with Crippen molar-refractivity contribution >= 4 is 17.5 Å². The minimum atomic E-state index is -0.551. The van der Waals surface area contributed by atoms with Gasteiger partial charge in [-0.15, -0.1) is 0 Å². The van der Waals surface area contributed by atoms with Crippen molar-refractivity contribution in [3.8, 4) is 16.9 Å². The lowest BCUT2D eigenvalue weighted by molar-refractivity contribution is 0.0831. The Bertz CT molecular complexity index is 1110. The lowest BCUT2D eigenvalue weighted by Gasteiger charge is -2.08. The summed E-state index contributed by atoms with van der Waals surface area (Å²) in [7, 11) is 1.48. The molecule has 0 radical (unpaired) electrons. The molecule has 0 aliphatic heterocycles.